The maximum Gasteiger partial charge on any atom is 0.153 e. The summed E-state index contributed by atoms with van der Waals surface area (Å²) in [5.41, 5.74) is 1.33. The van der Waals surface area contributed by atoms with Crippen LogP contribution in [0.4, 0.5) is 0 Å². The van der Waals surface area contributed by atoms with Crippen molar-refractivity contribution < 1.29 is 9.53 Å². The molecule has 0 atom stereocenters. The molecule has 0 N–H and O–H groups in total. The van der Waals surface area contributed by atoms with Gasteiger partial charge in [-0.2, -0.15) is 5.10 Å². The molecule has 19 heavy (non-hydrogen) atoms. The molecule has 0 aliphatic rings. The summed E-state index contributed by atoms with van der Waals surface area (Å²) >= 11 is 1.53. The average Bonchev–Trinajstić information content (AvgIpc) is 3.01. The molecule has 2 aromatic rings. The molecule has 4 nitrogen and oxygen atoms in total. The smallest absolute Gasteiger partial charge is 0.153 e. The van der Waals surface area contributed by atoms with Crippen LogP contribution in [0.3, 0.4) is 0 Å². The van der Waals surface area contributed by atoms with Gasteiger partial charge in [0.05, 0.1) is 17.6 Å². The van der Waals surface area contributed by atoms with E-state index in [9.17, 15) is 4.79 Å². The second kappa shape index (κ2) is 6.02. The summed E-state index contributed by atoms with van der Waals surface area (Å²) in [6, 6.07) is 1.89. The highest BCUT2D eigenvalue weighted by molar-refractivity contribution is 7.14. The second-order valence-electron chi connectivity index (χ2n) is 4.81. The third-order valence-electron chi connectivity index (χ3n) is 2.92. The molecule has 2 rings (SSSR count). The van der Waals surface area contributed by atoms with Crippen molar-refractivity contribution >= 4 is 17.6 Å². The van der Waals surface area contributed by atoms with E-state index in [4.69, 9.17) is 4.74 Å². The van der Waals surface area contributed by atoms with E-state index in [2.05, 4.69) is 18.9 Å². The van der Waals surface area contributed by atoms with Crippen LogP contribution in [0.15, 0.2) is 17.6 Å². The highest BCUT2D eigenvalue weighted by Gasteiger charge is 2.16. The molecule has 2 aromatic heterocycles. The second-order valence-corrected chi connectivity index (χ2v) is 5.73. The minimum atomic E-state index is 0.614. The number of carbonyl (C=O) groups is 1. The predicted molar refractivity (Wildman–Crippen MR) is 76.9 cm³/mol. The van der Waals surface area contributed by atoms with Gasteiger partial charge in [0.1, 0.15) is 11.4 Å². The first-order valence-electron chi connectivity index (χ1n) is 6.30. The van der Waals surface area contributed by atoms with Gasteiger partial charge in [0.25, 0.3) is 0 Å². The van der Waals surface area contributed by atoms with E-state index in [1.165, 1.54) is 11.3 Å². The summed E-state index contributed by atoms with van der Waals surface area (Å²) in [7, 11) is 1.63. The van der Waals surface area contributed by atoms with Crippen molar-refractivity contribution in [1.82, 2.24) is 9.78 Å². The normalized spacial score (nSPS) is 10.9. The van der Waals surface area contributed by atoms with Gasteiger partial charge < -0.3 is 4.74 Å². The van der Waals surface area contributed by atoms with E-state index in [1.807, 2.05) is 22.3 Å². The van der Waals surface area contributed by atoms with E-state index >= 15 is 0 Å². The van der Waals surface area contributed by atoms with Crippen molar-refractivity contribution in [2.24, 2.45) is 5.92 Å². The molecular formula is C14H18N2O2S. The lowest BCUT2D eigenvalue weighted by Gasteiger charge is -2.04. The summed E-state index contributed by atoms with van der Waals surface area (Å²) in [6.45, 7) is 5.17. The number of carbonyl (C=O) groups excluding carboxylic acids is 1. The predicted octanol–water partition coefficient (Wildman–Crippen LogP) is 3.48. The zero-order chi connectivity index (χ0) is 13.8. The third-order valence-corrected chi connectivity index (χ3v) is 3.82. The maximum atomic E-state index is 11.2. The first-order valence-corrected chi connectivity index (χ1v) is 7.18. The van der Waals surface area contributed by atoms with Gasteiger partial charge in [-0.3, -0.25) is 9.48 Å². The fourth-order valence-electron chi connectivity index (χ4n) is 1.84. The zero-order valence-electron chi connectivity index (χ0n) is 11.4. The van der Waals surface area contributed by atoms with Crippen molar-refractivity contribution in [3.8, 4) is 16.3 Å². The van der Waals surface area contributed by atoms with Gasteiger partial charge in [-0.05, 0) is 23.8 Å². The number of aromatic nitrogens is 2. The summed E-state index contributed by atoms with van der Waals surface area (Å²) in [4.78, 5) is 12.1. The molecule has 102 valence electrons. The lowest BCUT2D eigenvalue weighted by atomic mass is 10.1. The molecule has 5 heteroatoms. The number of aryl methyl sites for hydroxylation is 1. The quantitative estimate of drug-likeness (QED) is 0.760. The van der Waals surface area contributed by atoms with Crippen LogP contribution >= 0.6 is 11.3 Å². The molecule has 0 saturated heterocycles. The van der Waals surface area contributed by atoms with Crippen molar-refractivity contribution in [3.63, 3.8) is 0 Å². The largest absolute Gasteiger partial charge is 0.495 e. The van der Waals surface area contributed by atoms with E-state index in [0.717, 1.165) is 29.9 Å². The Balaban J connectivity index is 2.32. The number of hydrogen-bond acceptors (Lipinski definition) is 4. The molecule has 2 heterocycles. The molecule has 0 spiro atoms. The summed E-state index contributed by atoms with van der Waals surface area (Å²) in [5.74, 6) is 1.38. The Kier molecular flexibility index (Phi) is 4.37. The van der Waals surface area contributed by atoms with Crippen LogP contribution in [0.2, 0.25) is 0 Å². The third kappa shape index (κ3) is 3.04. The number of methoxy groups -OCH3 is 1. The fraction of sp³-hybridized carbons (Fsp3) is 0.429. The molecule has 0 saturated carbocycles. The van der Waals surface area contributed by atoms with Crippen molar-refractivity contribution in [1.29, 1.82) is 0 Å². The molecule has 0 aliphatic heterocycles. The zero-order valence-corrected chi connectivity index (χ0v) is 12.2. The molecule has 0 bridgehead atoms. The van der Waals surface area contributed by atoms with E-state index in [1.54, 1.807) is 7.11 Å². The highest BCUT2D eigenvalue weighted by atomic mass is 32.1. The summed E-state index contributed by atoms with van der Waals surface area (Å²) in [6.07, 6.45) is 3.71. The Morgan fingerprint density at radius 3 is 2.95 bits per heavy atom. The summed E-state index contributed by atoms with van der Waals surface area (Å²) < 4.78 is 7.14. The maximum absolute atomic E-state index is 11.2. The van der Waals surface area contributed by atoms with Crippen molar-refractivity contribution in [2.45, 2.75) is 26.8 Å². The molecule has 0 fully saturated rings. The van der Waals surface area contributed by atoms with Gasteiger partial charge in [-0.1, -0.05) is 13.8 Å². The number of ether oxygens (including phenoxy) is 1. The van der Waals surface area contributed by atoms with E-state index < -0.39 is 0 Å². The Morgan fingerprint density at radius 2 is 2.32 bits per heavy atom. The van der Waals surface area contributed by atoms with E-state index in [0.29, 0.717) is 17.2 Å². The average molecular weight is 278 g/mol. The Hall–Kier alpha value is -1.62. The van der Waals surface area contributed by atoms with Crippen LogP contribution in [0.1, 0.15) is 30.6 Å². The first-order chi connectivity index (χ1) is 9.15. The minimum Gasteiger partial charge on any atom is -0.495 e. The van der Waals surface area contributed by atoms with Gasteiger partial charge in [-0.25, -0.2) is 0 Å². The topological polar surface area (TPSA) is 44.1 Å². The summed E-state index contributed by atoms with van der Waals surface area (Å²) in [5, 5.41) is 6.46. The van der Waals surface area contributed by atoms with Gasteiger partial charge in [0.2, 0.25) is 0 Å². The van der Waals surface area contributed by atoms with Gasteiger partial charge in [0, 0.05) is 12.7 Å². The van der Waals surface area contributed by atoms with Crippen molar-refractivity contribution in [3.05, 3.63) is 23.2 Å². The molecule has 0 radical (unpaired) electrons. The van der Waals surface area contributed by atoms with Crippen molar-refractivity contribution in [2.75, 3.05) is 7.11 Å². The van der Waals surface area contributed by atoms with Crippen LogP contribution in [0, 0.1) is 5.92 Å². The highest BCUT2D eigenvalue weighted by Crippen LogP contribution is 2.35. The molecular weight excluding hydrogens is 260 g/mol. The molecule has 0 amide bonds. The van der Waals surface area contributed by atoms with Gasteiger partial charge >= 0.3 is 0 Å². The Bertz CT molecular complexity index is 558. The van der Waals surface area contributed by atoms with Gasteiger partial charge in [0.15, 0.2) is 6.29 Å². The number of rotatable bonds is 6. The minimum absolute atomic E-state index is 0.614. The first kappa shape index (κ1) is 13.8. The number of hydrogen-bond donors (Lipinski definition) is 0. The van der Waals surface area contributed by atoms with Crippen LogP contribution in [0.25, 0.3) is 10.6 Å². The van der Waals surface area contributed by atoms with Crippen LogP contribution in [-0.2, 0) is 6.54 Å². The molecule has 0 unspecified atom stereocenters. The Labute approximate surface area is 117 Å². The fourth-order valence-corrected chi connectivity index (χ4v) is 2.70. The molecule has 0 aromatic carbocycles. The standard InChI is InChI=1S/C14H18N2O2S/c1-10(2)4-6-16-8-11(9-17)13(15-16)14-12(18-3)5-7-19-14/h5,7-10H,4,6H2,1-3H3. The lowest BCUT2D eigenvalue weighted by molar-refractivity contribution is 0.112. The number of thiophene rings is 1. The number of aldehydes is 1. The SMILES string of the molecule is COc1ccsc1-c1nn(CCC(C)C)cc1C=O. The van der Waals surface area contributed by atoms with Gasteiger partial charge in [-0.15, -0.1) is 11.3 Å². The molecule has 0 aliphatic carbocycles. The van der Waals surface area contributed by atoms with Crippen LogP contribution in [0.5, 0.6) is 5.75 Å². The number of nitrogens with zero attached hydrogens (tertiary/aromatic N) is 2. The van der Waals surface area contributed by atoms with E-state index in [-0.39, 0.29) is 0 Å². The monoisotopic (exact) mass is 278 g/mol. The lowest BCUT2D eigenvalue weighted by Crippen LogP contribution is -2.01. The van der Waals surface area contributed by atoms with Crippen LogP contribution in [-0.4, -0.2) is 23.2 Å². The Morgan fingerprint density at radius 1 is 1.53 bits per heavy atom. The van der Waals surface area contributed by atoms with Crippen LogP contribution < -0.4 is 4.74 Å².